The van der Waals surface area contributed by atoms with Gasteiger partial charge in [0.1, 0.15) is 0 Å². The Labute approximate surface area is 259 Å². The highest BCUT2D eigenvalue weighted by molar-refractivity contribution is 7.99. The van der Waals surface area contributed by atoms with Crippen molar-refractivity contribution in [2.45, 2.75) is 219 Å². The Morgan fingerprint density at radius 2 is 0.487 bits per heavy atom. The number of hydrogen-bond acceptors (Lipinski definition) is 1. The first-order chi connectivity index (χ1) is 19.4. The van der Waals surface area contributed by atoms with Gasteiger partial charge in [0.15, 0.2) is 0 Å². The van der Waals surface area contributed by atoms with Crippen LogP contribution in [0.2, 0.25) is 0 Å². The van der Waals surface area contributed by atoms with Crippen molar-refractivity contribution in [2.75, 3.05) is 17.3 Å². The van der Waals surface area contributed by atoms with Crippen molar-refractivity contribution in [3.05, 3.63) is 0 Å². The van der Waals surface area contributed by atoms with Crippen molar-refractivity contribution in [1.82, 2.24) is 0 Å². The van der Waals surface area contributed by atoms with Crippen molar-refractivity contribution >= 4 is 24.4 Å². The predicted molar refractivity (Wildman–Crippen MR) is 188 cm³/mol. The molecule has 0 fully saturated rings. The Morgan fingerprint density at radius 3 is 0.718 bits per heavy atom. The van der Waals surface area contributed by atoms with E-state index in [1.165, 1.54) is 223 Å². The summed E-state index contributed by atoms with van der Waals surface area (Å²) in [5.41, 5.74) is 0. The standard InChI is InChI=1S/C37H75S2/c1-2-3-4-5-6-7-8-9-10-12-15-18-21-24-27-30-33-36-39-37-34-31-28-25-22-19-16-13-11-14-17-20-23-26-29-32-35-38/h2-37H2,1H3. The van der Waals surface area contributed by atoms with E-state index in [9.17, 15) is 0 Å². The van der Waals surface area contributed by atoms with Gasteiger partial charge in [-0.1, -0.05) is 212 Å². The average molecular weight is 584 g/mol. The SMILES string of the molecule is CCCCCCCCCCCCCCCCCCCSCCCCCCCCCCCCCCCCCC[S]. The van der Waals surface area contributed by atoms with E-state index in [1.807, 2.05) is 0 Å². The molecular weight excluding hydrogens is 509 g/mol. The fraction of sp³-hybridized carbons (Fsp3) is 1.00. The molecule has 2 heteroatoms. The molecular formula is C37H75S2. The smallest absolute Gasteiger partial charge is 0.00369 e. The molecule has 0 atom stereocenters. The second kappa shape index (κ2) is 38.7. The maximum absolute atomic E-state index is 5.01. The monoisotopic (exact) mass is 584 g/mol. The molecule has 0 bridgehead atoms. The summed E-state index contributed by atoms with van der Waals surface area (Å²) in [6.45, 7) is 2.31. The third-order valence-electron chi connectivity index (χ3n) is 8.58. The minimum Gasteiger partial charge on any atom is -0.162 e. The lowest BCUT2D eigenvalue weighted by molar-refractivity contribution is 0.529. The maximum atomic E-state index is 5.01. The third kappa shape index (κ3) is 38.7. The van der Waals surface area contributed by atoms with E-state index in [0.29, 0.717) is 0 Å². The summed E-state index contributed by atoms with van der Waals surface area (Å²) in [4.78, 5) is 0. The Balaban J connectivity index is 3.01. The van der Waals surface area contributed by atoms with Crippen molar-refractivity contribution in [2.24, 2.45) is 0 Å². The number of unbranched alkanes of at least 4 members (excludes halogenated alkanes) is 31. The second-order valence-electron chi connectivity index (χ2n) is 12.6. The van der Waals surface area contributed by atoms with Crippen molar-refractivity contribution in [1.29, 1.82) is 0 Å². The predicted octanol–water partition coefficient (Wildman–Crippen LogP) is 14.8. The van der Waals surface area contributed by atoms with Gasteiger partial charge in [0.05, 0.1) is 0 Å². The van der Waals surface area contributed by atoms with Crippen LogP contribution >= 0.6 is 24.4 Å². The van der Waals surface area contributed by atoms with Gasteiger partial charge in [-0.05, 0) is 30.8 Å². The van der Waals surface area contributed by atoms with Gasteiger partial charge in [0.25, 0.3) is 0 Å². The molecule has 0 aliphatic rings. The largest absolute Gasteiger partial charge is 0.162 e. The average Bonchev–Trinajstić information content (AvgIpc) is 2.95. The fourth-order valence-electron chi connectivity index (χ4n) is 5.81. The van der Waals surface area contributed by atoms with E-state index in [-0.39, 0.29) is 0 Å². The highest BCUT2D eigenvalue weighted by Crippen LogP contribution is 2.17. The summed E-state index contributed by atoms with van der Waals surface area (Å²) >= 11 is 7.23. The molecule has 0 saturated heterocycles. The van der Waals surface area contributed by atoms with Gasteiger partial charge < -0.3 is 0 Å². The Bertz CT molecular complexity index is 361. The van der Waals surface area contributed by atoms with Gasteiger partial charge in [-0.15, -0.1) is 0 Å². The van der Waals surface area contributed by atoms with E-state index in [1.54, 1.807) is 0 Å². The van der Waals surface area contributed by atoms with Crippen LogP contribution in [0.4, 0.5) is 0 Å². The lowest BCUT2D eigenvalue weighted by Gasteiger charge is -2.05. The second-order valence-corrected chi connectivity index (χ2v) is 14.3. The van der Waals surface area contributed by atoms with Crippen LogP contribution in [0.3, 0.4) is 0 Å². The van der Waals surface area contributed by atoms with Gasteiger partial charge in [-0.2, -0.15) is 11.8 Å². The molecule has 0 rings (SSSR count). The summed E-state index contributed by atoms with van der Waals surface area (Å²) in [5.74, 6) is 3.78. The third-order valence-corrected chi connectivity index (χ3v) is 10.0. The van der Waals surface area contributed by atoms with E-state index in [0.717, 1.165) is 5.75 Å². The molecule has 0 N–H and O–H groups in total. The molecule has 0 amide bonds. The summed E-state index contributed by atoms with van der Waals surface area (Å²) in [5, 5.41) is 0. The van der Waals surface area contributed by atoms with Crippen molar-refractivity contribution in [3.63, 3.8) is 0 Å². The van der Waals surface area contributed by atoms with Gasteiger partial charge in [-0.3, -0.25) is 0 Å². The van der Waals surface area contributed by atoms with E-state index in [4.69, 9.17) is 12.6 Å². The van der Waals surface area contributed by atoms with Crippen LogP contribution in [-0.2, 0) is 0 Å². The number of thioether (sulfide) groups is 1. The number of hydrogen-bond donors (Lipinski definition) is 0. The molecule has 0 aliphatic carbocycles. The summed E-state index contributed by atoms with van der Waals surface area (Å²) in [7, 11) is 0. The van der Waals surface area contributed by atoms with Crippen LogP contribution in [-0.4, -0.2) is 17.3 Å². The first kappa shape index (κ1) is 39.7. The van der Waals surface area contributed by atoms with E-state index in [2.05, 4.69) is 18.7 Å². The quantitative estimate of drug-likeness (QED) is 0.0661. The van der Waals surface area contributed by atoms with Gasteiger partial charge in [-0.25, -0.2) is 0 Å². The van der Waals surface area contributed by atoms with Crippen molar-refractivity contribution < 1.29 is 0 Å². The Hall–Kier alpha value is 0.700. The minimum atomic E-state index is 0.957. The summed E-state index contributed by atoms with van der Waals surface area (Å²) in [6.07, 6.45) is 48.2. The maximum Gasteiger partial charge on any atom is 0.00369 e. The zero-order chi connectivity index (χ0) is 28.2. The van der Waals surface area contributed by atoms with Crippen LogP contribution in [0, 0.1) is 0 Å². The molecule has 0 aromatic heterocycles. The molecule has 0 saturated carbocycles. The lowest BCUT2D eigenvalue weighted by atomic mass is 10.0. The summed E-state index contributed by atoms with van der Waals surface area (Å²) in [6, 6.07) is 0. The Morgan fingerprint density at radius 1 is 0.282 bits per heavy atom. The first-order valence-corrected chi connectivity index (χ1v) is 20.3. The number of rotatable bonds is 36. The molecule has 0 unspecified atom stereocenters. The van der Waals surface area contributed by atoms with E-state index < -0.39 is 0 Å². The fourth-order valence-corrected chi connectivity index (χ4v) is 7.04. The first-order valence-electron chi connectivity index (χ1n) is 18.6. The molecule has 0 aromatic carbocycles. The minimum absolute atomic E-state index is 0.957. The summed E-state index contributed by atoms with van der Waals surface area (Å²) < 4.78 is 0. The Kier molecular flexibility index (Phi) is 39.4. The van der Waals surface area contributed by atoms with Gasteiger partial charge in [0, 0.05) is 5.75 Å². The topological polar surface area (TPSA) is 0 Å². The van der Waals surface area contributed by atoms with Gasteiger partial charge >= 0.3 is 0 Å². The molecule has 0 aromatic rings. The molecule has 0 aliphatic heterocycles. The van der Waals surface area contributed by atoms with Crippen LogP contribution in [0.5, 0.6) is 0 Å². The highest BCUT2D eigenvalue weighted by Gasteiger charge is 1.97. The van der Waals surface area contributed by atoms with Crippen LogP contribution in [0.15, 0.2) is 0 Å². The normalized spacial score (nSPS) is 11.5. The molecule has 0 heterocycles. The molecule has 39 heavy (non-hydrogen) atoms. The zero-order valence-corrected chi connectivity index (χ0v) is 28.9. The van der Waals surface area contributed by atoms with Crippen LogP contribution in [0.25, 0.3) is 0 Å². The van der Waals surface area contributed by atoms with Crippen LogP contribution < -0.4 is 0 Å². The lowest BCUT2D eigenvalue weighted by Crippen LogP contribution is -1.87. The van der Waals surface area contributed by atoms with Crippen molar-refractivity contribution in [3.8, 4) is 0 Å². The van der Waals surface area contributed by atoms with E-state index >= 15 is 0 Å². The highest BCUT2D eigenvalue weighted by atomic mass is 32.2. The molecule has 0 nitrogen and oxygen atoms in total. The van der Waals surface area contributed by atoms with Crippen LogP contribution in [0.1, 0.15) is 219 Å². The molecule has 1 radical (unpaired) electrons. The zero-order valence-electron chi connectivity index (χ0n) is 27.3. The van der Waals surface area contributed by atoms with Gasteiger partial charge in [0.2, 0.25) is 0 Å². The molecule has 235 valence electrons. The molecule has 0 spiro atoms.